The van der Waals surface area contributed by atoms with Gasteiger partial charge in [0.15, 0.2) is 0 Å². The van der Waals surface area contributed by atoms with E-state index in [1.54, 1.807) is 0 Å². The number of urea groups is 1. The fourth-order valence-corrected chi connectivity index (χ4v) is 3.96. The second-order valence-electron chi connectivity index (χ2n) is 7.05. The number of nitrogens with one attached hydrogen (secondary N) is 1. The lowest BCUT2D eigenvalue weighted by molar-refractivity contribution is 0.126. The summed E-state index contributed by atoms with van der Waals surface area (Å²) in [6.45, 7) is 1.70. The van der Waals surface area contributed by atoms with Crippen LogP contribution in [0.1, 0.15) is 50.0 Å². The van der Waals surface area contributed by atoms with E-state index in [-0.39, 0.29) is 18.6 Å². The molecule has 0 aromatic heterocycles. The summed E-state index contributed by atoms with van der Waals surface area (Å²) in [6.07, 6.45) is 6.44. The second kappa shape index (κ2) is 7.82. The third-order valence-corrected chi connectivity index (χ3v) is 5.39. The second-order valence-corrected chi connectivity index (χ2v) is 7.05. The van der Waals surface area contributed by atoms with Gasteiger partial charge in [0.05, 0.1) is 0 Å². The Labute approximate surface area is 138 Å². The molecule has 1 aromatic rings. The van der Waals surface area contributed by atoms with Crippen LogP contribution in [-0.4, -0.2) is 41.8 Å². The molecule has 0 spiro atoms. The number of aliphatic hydroxyl groups excluding tert-OH is 1. The third kappa shape index (κ3) is 4.25. The predicted molar refractivity (Wildman–Crippen MR) is 91.4 cm³/mol. The van der Waals surface area contributed by atoms with Crippen molar-refractivity contribution in [3.8, 4) is 0 Å². The van der Waals surface area contributed by atoms with E-state index in [1.807, 2.05) is 4.90 Å². The van der Waals surface area contributed by atoms with Crippen LogP contribution in [0.2, 0.25) is 0 Å². The van der Waals surface area contributed by atoms with E-state index in [0.29, 0.717) is 18.5 Å². The standard InChI is InChI=1S/C19H28N2O2/c22-14-15-5-4-12-21(13-15)19(23)20-18-10-8-17(9-11-18)16-6-2-1-3-7-16/h1-3,6-7,15,17-18,22H,4-5,8-14H2,(H,20,23). The van der Waals surface area contributed by atoms with E-state index in [9.17, 15) is 9.90 Å². The van der Waals surface area contributed by atoms with Gasteiger partial charge in [-0.1, -0.05) is 30.3 Å². The zero-order chi connectivity index (χ0) is 16.1. The average Bonchev–Trinajstić information content (AvgIpc) is 2.63. The number of hydrogen-bond acceptors (Lipinski definition) is 2. The van der Waals surface area contributed by atoms with Gasteiger partial charge in [-0.05, 0) is 55.9 Å². The number of rotatable bonds is 3. The van der Waals surface area contributed by atoms with Crippen molar-refractivity contribution >= 4 is 6.03 Å². The van der Waals surface area contributed by atoms with Crippen LogP contribution in [0.15, 0.2) is 30.3 Å². The molecule has 1 saturated carbocycles. The van der Waals surface area contributed by atoms with Gasteiger partial charge >= 0.3 is 6.03 Å². The van der Waals surface area contributed by atoms with E-state index in [4.69, 9.17) is 0 Å². The van der Waals surface area contributed by atoms with Crippen LogP contribution < -0.4 is 5.32 Å². The molecule has 1 atom stereocenters. The molecule has 1 aliphatic heterocycles. The van der Waals surface area contributed by atoms with Crippen molar-refractivity contribution in [3.63, 3.8) is 0 Å². The number of nitrogens with zero attached hydrogens (tertiary/aromatic N) is 1. The minimum absolute atomic E-state index is 0.0614. The molecule has 2 aliphatic rings. The summed E-state index contributed by atoms with van der Waals surface area (Å²) in [4.78, 5) is 14.3. The molecule has 4 heteroatoms. The van der Waals surface area contributed by atoms with Crippen LogP contribution in [0.25, 0.3) is 0 Å². The van der Waals surface area contributed by atoms with Gasteiger partial charge < -0.3 is 15.3 Å². The Kier molecular flexibility index (Phi) is 5.55. The molecule has 3 rings (SSSR count). The Hall–Kier alpha value is -1.55. The highest BCUT2D eigenvalue weighted by Gasteiger charge is 2.27. The third-order valence-electron chi connectivity index (χ3n) is 5.39. The summed E-state index contributed by atoms with van der Waals surface area (Å²) in [7, 11) is 0. The Bertz CT molecular complexity index is 497. The van der Waals surface area contributed by atoms with Crippen LogP contribution in [-0.2, 0) is 0 Å². The molecule has 0 radical (unpaired) electrons. The van der Waals surface area contributed by atoms with Crippen LogP contribution >= 0.6 is 0 Å². The molecule has 4 nitrogen and oxygen atoms in total. The predicted octanol–water partition coefficient (Wildman–Crippen LogP) is 3.13. The Morgan fingerprint density at radius 3 is 2.57 bits per heavy atom. The number of carbonyl (C=O) groups is 1. The van der Waals surface area contributed by atoms with Crippen molar-refractivity contribution < 1.29 is 9.90 Å². The molecule has 1 unspecified atom stereocenters. The van der Waals surface area contributed by atoms with Gasteiger partial charge in [-0.15, -0.1) is 0 Å². The molecule has 0 bridgehead atoms. The number of piperidine rings is 1. The van der Waals surface area contributed by atoms with E-state index in [0.717, 1.165) is 45.1 Å². The summed E-state index contributed by atoms with van der Waals surface area (Å²) in [5.74, 6) is 0.890. The average molecular weight is 316 g/mol. The SMILES string of the molecule is O=C(NC1CCC(c2ccccc2)CC1)N1CCCC(CO)C1. The minimum atomic E-state index is 0.0614. The van der Waals surface area contributed by atoms with Gasteiger partial charge in [0.25, 0.3) is 0 Å². The van der Waals surface area contributed by atoms with Gasteiger partial charge in [-0.25, -0.2) is 4.79 Å². The molecular formula is C19H28N2O2. The maximum atomic E-state index is 12.4. The van der Waals surface area contributed by atoms with Gasteiger partial charge in [0.2, 0.25) is 0 Å². The van der Waals surface area contributed by atoms with Crippen molar-refractivity contribution in [2.24, 2.45) is 5.92 Å². The normalized spacial score (nSPS) is 28.4. The molecule has 2 N–H and O–H groups in total. The van der Waals surface area contributed by atoms with Crippen molar-refractivity contribution in [1.29, 1.82) is 0 Å². The summed E-state index contributed by atoms with van der Waals surface area (Å²) in [5, 5.41) is 12.5. The number of amides is 2. The molecule has 1 aromatic carbocycles. The number of likely N-dealkylation sites (tertiary alicyclic amines) is 1. The van der Waals surface area contributed by atoms with E-state index in [2.05, 4.69) is 35.6 Å². The molecule has 2 amide bonds. The Balaban J connectivity index is 1.46. The maximum Gasteiger partial charge on any atom is 0.317 e. The van der Waals surface area contributed by atoms with Gasteiger partial charge in [-0.2, -0.15) is 0 Å². The van der Waals surface area contributed by atoms with Gasteiger partial charge in [-0.3, -0.25) is 0 Å². The first kappa shape index (κ1) is 16.3. The monoisotopic (exact) mass is 316 g/mol. The smallest absolute Gasteiger partial charge is 0.317 e. The van der Waals surface area contributed by atoms with Crippen LogP contribution in [0, 0.1) is 5.92 Å². The topological polar surface area (TPSA) is 52.6 Å². The first-order valence-electron chi connectivity index (χ1n) is 8.97. The molecule has 2 fully saturated rings. The summed E-state index contributed by atoms with van der Waals surface area (Å²) >= 11 is 0. The van der Waals surface area contributed by atoms with Gasteiger partial charge in [0, 0.05) is 25.7 Å². The lowest BCUT2D eigenvalue weighted by Crippen LogP contribution is -2.49. The maximum absolute atomic E-state index is 12.4. The highest BCUT2D eigenvalue weighted by molar-refractivity contribution is 5.74. The van der Waals surface area contributed by atoms with Crippen molar-refractivity contribution in [3.05, 3.63) is 35.9 Å². The highest BCUT2D eigenvalue weighted by Crippen LogP contribution is 2.32. The number of aliphatic hydroxyl groups is 1. The van der Waals surface area contributed by atoms with Crippen molar-refractivity contribution in [1.82, 2.24) is 10.2 Å². The number of benzene rings is 1. The van der Waals surface area contributed by atoms with E-state index < -0.39 is 0 Å². The Morgan fingerprint density at radius 1 is 1.13 bits per heavy atom. The quantitative estimate of drug-likeness (QED) is 0.900. The highest BCUT2D eigenvalue weighted by atomic mass is 16.3. The number of carbonyl (C=O) groups excluding carboxylic acids is 1. The summed E-state index contributed by atoms with van der Waals surface area (Å²) < 4.78 is 0. The van der Waals surface area contributed by atoms with Crippen LogP contribution in [0.3, 0.4) is 0 Å². The van der Waals surface area contributed by atoms with Crippen LogP contribution in [0.5, 0.6) is 0 Å². The molecule has 126 valence electrons. The van der Waals surface area contributed by atoms with E-state index >= 15 is 0 Å². The first-order chi connectivity index (χ1) is 11.3. The largest absolute Gasteiger partial charge is 0.396 e. The van der Waals surface area contributed by atoms with Crippen molar-refractivity contribution in [2.75, 3.05) is 19.7 Å². The Morgan fingerprint density at radius 2 is 1.87 bits per heavy atom. The summed E-state index contributed by atoms with van der Waals surface area (Å²) in [6, 6.07) is 11.1. The van der Waals surface area contributed by atoms with Crippen LogP contribution in [0.4, 0.5) is 4.79 Å². The lowest BCUT2D eigenvalue weighted by Gasteiger charge is -2.35. The van der Waals surface area contributed by atoms with E-state index in [1.165, 1.54) is 5.56 Å². The zero-order valence-corrected chi connectivity index (χ0v) is 13.8. The summed E-state index contributed by atoms with van der Waals surface area (Å²) in [5.41, 5.74) is 1.43. The molecular weight excluding hydrogens is 288 g/mol. The number of hydrogen-bond donors (Lipinski definition) is 2. The zero-order valence-electron chi connectivity index (χ0n) is 13.8. The fraction of sp³-hybridized carbons (Fsp3) is 0.632. The molecule has 23 heavy (non-hydrogen) atoms. The van der Waals surface area contributed by atoms with Crippen molar-refractivity contribution in [2.45, 2.75) is 50.5 Å². The lowest BCUT2D eigenvalue weighted by atomic mass is 9.82. The minimum Gasteiger partial charge on any atom is -0.396 e. The molecule has 1 saturated heterocycles. The molecule has 1 aliphatic carbocycles. The van der Waals surface area contributed by atoms with Gasteiger partial charge in [0.1, 0.15) is 0 Å². The fourth-order valence-electron chi connectivity index (χ4n) is 3.96. The first-order valence-corrected chi connectivity index (χ1v) is 8.97. The molecule has 1 heterocycles.